The molecule has 1 amide bonds. The van der Waals surface area contributed by atoms with Gasteiger partial charge in [-0.1, -0.05) is 50.8 Å². The van der Waals surface area contributed by atoms with Crippen LogP contribution in [0.15, 0.2) is 36.4 Å². The van der Waals surface area contributed by atoms with E-state index in [1.165, 1.54) is 25.7 Å². The zero-order chi connectivity index (χ0) is 19.5. The van der Waals surface area contributed by atoms with Crippen molar-refractivity contribution in [1.29, 1.82) is 0 Å². The molecule has 0 atom stereocenters. The highest BCUT2D eigenvalue weighted by Gasteiger charge is 2.19. The van der Waals surface area contributed by atoms with Gasteiger partial charge in [0.1, 0.15) is 0 Å². The molecule has 0 spiro atoms. The fourth-order valence-electron chi connectivity index (χ4n) is 3.29. The number of carbonyl (C=O) groups is 2. The monoisotopic (exact) mass is 372 g/mol. The van der Waals surface area contributed by atoms with Gasteiger partial charge in [0, 0.05) is 32.7 Å². The molecule has 1 saturated heterocycles. The summed E-state index contributed by atoms with van der Waals surface area (Å²) in [5, 5.41) is 8.95. The summed E-state index contributed by atoms with van der Waals surface area (Å²) in [5.74, 6) is -0.781. The lowest BCUT2D eigenvalue weighted by Gasteiger charge is -2.34. The third-order valence-corrected chi connectivity index (χ3v) is 5.03. The third kappa shape index (κ3) is 7.55. The molecule has 1 fully saturated rings. The van der Waals surface area contributed by atoms with Gasteiger partial charge in [0.25, 0.3) is 0 Å². The number of allylic oxidation sites excluding steroid dienone is 1. The number of unbranched alkanes of at least 4 members (excludes halogenated alkanes) is 5. The predicted molar refractivity (Wildman–Crippen MR) is 108 cm³/mol. The number of amides is 1. The largest absolute Gasteiger partial charge is 0.478 e. The van der Waals surface area contributed by atoms with E-state index in [0.29, 0.717) is 5.56 Å². The molecule has 2 rings (SSSR count). The molecule has 0 unspecified atom stereocenters. The zero-order valence-corrected chi connectivity index (χ0v) is 16.4. The smallest absolute Gasteiger partial charge is 0.335 e. The average Bonchev–Trinajstić information content (AvgIpc) is 2.68. The van der Waals surface area contributed by atoms with Crippen LogP contribution in [0.2, 0.25) is 0 Å². The minimum atomic E-state index is -0.900. The quantitative estimate of drug-likeness (QED) is 0.499. The zero-order valence-electron chi connectivity index (χ0n) is 16.4. The summed E-state index contributed by atoms with van der Waals surface area (Å²) in [6.07, 6.45) is 11.0. The number of piperazine rings is 1. The predicted octanol–water partition coefficient (Wildman–Crippen LogP) is 3.95. The van der Waals surface area contributed by atoms with E-state index in [0.717, 1.165) is 51.1 Å². The van der Waals surface area contributed by atoms with E-state index in [-0.39, 0.29) is 5.91 Å². The van der Waals surface area contributed by atoms with Crippen molar-refractivity contribution in [2.45, 2.75) is 52.0 Å². The first-order valence-corrected chi connectivity index (χ1v) is 10.1. The van der Waals surface area contributed by atoms with E-state index in [9.17, 15) is 9.59 Å². The number of hydrogen-bond donors (Lipinski definition) is 1. The van der Waals surface area contributed by atoms with Crippen LogP contribution in [0.5, 0.6) is 0 Å². The van der Waals surface area contributed by atoms with E-state index in [4.69, 9.17) is 5.11 Å². The molecule has 148 valence electrons. The van der Waals surface area contributed by atoms with Crippen LogP contribution in [0, 0.1) is 0 Å². The van der Waals surface area contributed by atoms with Gasteiger partial charge in [-0.15, -0.1) is 0 Å². The summed E-state index contributed by atoms with van der Waals surface area (Å²) in [4.78, 5) is 27.4. The SMILES string of the molecule is CCCCCCCC=CC(=O)N1CCN(Cc2ccc(C(=O)O)cc2)CC1. The van der Waals surface area contributed by atoms with Crippen LogP contribution in [0.4, 0.5) is 0 Å². The molecular weight excluding hydrogens is 340 g/mol. The molecule has 1 aliphatic heterocycles. The molecule has 1 aromatic rings. The van der Waals surface area contributed by atoms with Gasteiger partial charge in [-0.25, -0.2) is 4.79 Å². The number of carboxylic acids is 1. The van der Waals surface area contributed by atoms with Crippen molar-refractivity contribution in [2.75, 3.05) is 26.2 Å². The first-order chi connectivity index (χ1) is 13.1. The van der Waals surface area contributed by atoms with Crippen molar-refractivity contribution in [1.82, 2.24) is 9.80 Å². The highest BCUT2D eigenvalue weighted by atomic mass is 16.4. The molecule has 1 N–H and O–H groups in total. The molecular formula is C22H32N2O3. The molecule has 0 bridgehead atoms. The Labute approximate surface area is 162 Å². The van der Waals surface area contributed by atoms with Gasteiger partial charge in [-0.3, -0.25) is 9.69 Å². The van der Waals surface area contributed by atoms with Crippen LogP contribution in [0.3, 0.4) is 0 Å². The molecule has 5 nitrogen and oxygen atoms in total. The van der Waals surface area contributed by atoms with Crippen LogP contribution in [0.1, 0.15) is 61.4 Å². The van der Waals surface area contributed by atoms with Gasteiger partial charge >= 0.3 is 5.97 Å². The topological polar surface area (TPSA) is 60.9 Å². The van der Waals surface area contributed by atoms with Crippen molar-refractivity contribution in [3.8, 4) is 0 Å². The summed E-state index contributed by atoms with van der Waals surface area (Å²) in [6, 6.07) is 7.02. The molecule has 0 aliphatic carbocycles. The number of carboxylic acid groups (broad SMARTS) is 1. The maximum Gasteiger partial charge on any atom is 0.335 e. The highest BCUT2D eigenvalue weighted by Crippen LogP contribution is 2.11. The Bertz CT molecular complexity index is 617. The number of hydrogen-bond acceptors (Lipinski definition) is 3. The standard InChI is InChI=1S/C22H32N2O3/c1-2-3-4-5-6-7-8-9-21(25)24-16-14-23(15-17-24)18-19-10-12-20(13-11-19)22(26)27/h8-13H,2-7,14-18H2,1H3,(H,26,27). The second kappa shape index (κ2) is 11.5. The fraction of sp³-hybridized carbons (Fsp3) is 0.545. The van der Waals surface area contributed by atoms with Gasteiger partial charge in [0.15, 0.2) is 0 Å². The van der Waals surface area contributed by atoms with E-state index in [1.54, 1.807) is 18.2 Å². The fourth-order valence-corrected chi connectivity index (χ4v) is 3.29. The molecule has 0 saturated carbocycles. The van der Waals surface area contributed by atoms with Crippen LogP contribution in [-0.4, -0.2) is 53.0 Å². The maximum atomic E-state index is 12.3. The van der Waals surface area contributed by atoms with E-state index < -0.39 is 5.97 Å². The van der Waals surface area contributed by atoms with Gasteiger partial charge < -0.3 is 10.0 Å². The number of nitrogens with zero attached hydrogens (tertiary/aromatic N) is 2. The first kappa shape index (κ1) is 21.2. The van der Waals surface area contributed by atoms with E-state index in [2.05, 4.69) is 11.8 Å². The van der Waals surface area contributed by atoms with Crippen molar-refractivity contribution < 1.29 is 14.7 Å². The Morgan fingerprint density at radius 1 is 1.00 bits per heavy atom. The van der Waals surface area contributed by atoms with Crippen molar-refractivity contribution in [3.05, 3.63) is 47.5 Å². The normalized spacial score (nSPS) is 15.4. The number of rotatable bonds is 10. The Morgan fingerprint density at radius 3 is 2.30 bits per heavy atom. The van der Waals surface area contributed by atoms with Gasteiger partial charge in [-0.05, 0) is 36.6 Å². The lowest BCUT2D eigenvalue weighted by Crippen LogP contribution is -2.47. The first-order valence-electron chi connectivity index (χ1n) is 10.1. The molecule has 0 aromatic heterocycles. The van der Waals surface area contributed by atoms with Crippen molar-refractivity contribution in [2.24, 2.45) is 0 Å². The lowest BCUT2D eigenvalue weighted by atomic mass is 10.1. The van der Waals surface area contributed by atoms with Crippen LogP contribution < -0.4 is 0 Å². The number of benzene rings is 1. The Hall–Kier alpha value is -2.14. The van der Waals surface area contributed by atoms with Crippen LogP contribution >= 0.6 is 0 Å². The number of aromatic carboxylic acids is 1. The van der Waals surface area contributed by atoms with Gasteiger partial charge in [-0.2, -0.15) is 0 Å². The second-order valence-electron chi connectivity index (χ2n) is 7.21. The third-order valence-electron chi connectivity index (χ3n) is 5.03. The van der Waals surface area contributed by atoms with Crippen LogP contribution in [0.25, 0.3) is 0 Å². The highest BCUT2D eigenvalue weighted by molar-refractivity contribution is 5.88. The minimum absolute atomic E-state index is 0.119. The Morgan fingerprint density at radius 2 is 1.67 bits per heavy atom. The maximum absolute atomic E-state index is 12.3. The lowest BCUT2D eigenvalue weighted by molar-refractivity contribution is -0.127. The van der Waals surface area contributed by atoms with Gasteiger partial charge in [0.2, 0.25) is 5.91 Å². The molecule has 1 aromatic carbocycles. The molecule has 27 heavy (non-hydrogen) atoms. The average molecular weight is 373 g/mol. The number of carbonyl (C=O) groups excluding carboxylic acids is 1. The van der Waals surface area contributed by atoms with Crippen molar-refractivity contribution in [3.63, 3.8) is 0 Å². The van der Waals surface area contributed by atoms with Gasteiger partial charge in [0.05, 0.1) is 5.56 Å². The Kier molecular flexibility index (Phi) is 9.05. The van der Waals surface area contributed by atoms with E-state index in [1.807, 2.05) is 23.1 Å². The summed E-state index contributed by atoms with van der Waals surface area (Å²) < 4.78 is 0. The van der Waals surface area contributed by atoms with E-state index >= 15 is 0 Å². The van der Waals surface area contributed by atoms with Crippen LogP contribution in [-0.2, 0) is 11.3 Å². The summed E-state index contributed by atoms with van der Waals surface area (Å²) in [6.45, 7) is 6.18. The summed E-state index contributed by atoms with van der Waals surface area (Å²) in [7, 11) is 0. The Balaban J connectivity index is 1.66. The molecule has 1 aliphatic rings. The second-order valence-corrected chi connectivity index (χ2v) is 7.21. The summed E-state index contributed by atoms with van der Waals surface area (Å²) in [5.41, 5.74) is 1.41. The van der Waals surface area contributed by atoms with Crippen molar-refractivity contribution >= 4 is 11.9 Å². The molecule has 1 heterocycles. The minimum Gasteiger partial charge on any atom is -0.478 e. The summed E-state index contributed by atoms with van der Waals surface area (Å²) >= 11 is 0. The molecule has 0 radical (unpaired) electrons. The molecule has 5 heteroatoms.